The highest BCUT2D eigenvalue weighted by atomic mass is 35.5. The molecule has 1 saturated carbocycles. The van der Waals surface area contributed by atoms with Gasteiger partial charge in [0.15, 0.2) is 0 Å². The summed E-state index contributed by atoms with van der Waals surface area (Å²) in [6.45, 7) is 10.2. The molecule has 2 rings (SSSR count). The van der Waals surface area contributed by atoms with Gasteiger partial charge in [0.25, 0.3) is 5.91 Å². The van der Waals surface area contributed by atoms with Crippen LogP contribution in [-0.4, -0.2) is 23.3 Å². The largest absolute Gasteiger partial charge is 0.352 e. The van der Waals surface area contributed by atoms with Gasteiger partial charge in [-0.3, -0.25) is 14.6 Å². The number of aromatic nitrogens is 1. The summed E-state index contributed by atoms with van der Waals surface area (Å²) in [6, 6.07) is 1.63. The van der Waals surface area contributed by atoms with Gasteiger partial charge < -0.3 is 10.6 Å². The van der Waals surface area contributed by atoms with Crippen LogP contribution >= 0.6 is 11.6 Å². The van der Waals surface area contributed by atoms with E-state index in [1.54, 1.807) is 12.3 Å². The fourth-order valence-electron chi connectivity index (χ4n) is 3.33. The third-order valence-electron chi connectivity index (χ3n) is 5.27. The Morgan fingerprint density at radius 1 is 1.43 bits per heavy atom. The second-order valence-corrected chi connectivity index (χ2v) is 7.76. The molecular weight excluding hydrogens is 374 g/mol. The lowest BCUT2D eigenvalue weighted by Crippen LogP contribution is -2.35. The average Bonchev–Trinajstić information content (AvgIpc) is 3.32. The first-order valence-electron chi connectivity index (χ1n) is 9.88. The van der Waals surface area contributed by atoms with E-state index in [2.05, 4.69) is 15.6 Å². The average molecular weight is 404 g/mol. The minimum atomic E-state index is -0.658. The number of amides is 2. The van der Waals surface area contributed by atoms with E-state index in [9.17, 15) is 9.59 Å². The van der Waals surface area contributed by atoms with Crippen LogP contribution in [0.2, 0.25) is 5.02 Å². The molecule has 5 nitrogen and oxygen atoms in total. The lowest BCUT2D eigenvalue weighted by atomic mass is 9.97. The first-order valence-corrected chi connectivity index (χ1v) is 10.3. The molecule has 0 saturated heterocycles. The first kappa shape index (κ1) is 22.2. The van der Waals surface area contributed by atoms with Crippen LogP contribution in [-0.2, 0) is 16.0 Å². The smallest absolute Gasteiger partial charge is 0.250 e. The second kappa shape index (κ2) is 9.37. The van der Waals surface area contributed by atoms with Crippen LogP contribution in [0, 0.1) is 11.3 Å². The van der Waals surface area contributed by atoms with Gasteiger partial charge in [-0.1, -0.05) is 43.7 Å². The fraction of sp³-hybridized carbons (Fsp3) is 0.500. The molecule has 0 aromatic carbocycles. The maximum Gasteiger partial charge on any atom is 0.250 e. The molecular formula is C22H30ClN3O2. The number of carbonyl (C=O) groups is 2. The molecule has 1 heterocycles. The zero-order valence-corrected chi connectivity index (χ0v) is 18.1. The molecule has 6 heteroatoms. The molecule has 152 valence electrons. The molecule has 0 aliphatic heterocycles. The quantitative estimate of drug-likeness (QED) is 0.506. The van der Waals surface area contributed by atoms with Crippen LogP contribution in [0.5, 0.6) is 0 Å². The molecule has 3 atom stereocenters. The van der Waals surface area contributed by atoms with E-state index in [4.69, 9.17) is 11.6 Å². The maximum atomic E-state index is 13.1. The van der Waals surface area contributed by atoms with Crippen molar-refractivity contribution in [2.24, 2.45) is 11.3 Å². The van der Waals surface area contributed by atoms with E-state index in [1.165, 1.54) is 0 Å². The highest BCUT2D eigenvalue weighted by Crippen LogP contribution is 2.54. The number of nitrogens with zero attached hydrogens (tertiary/aromatic N) is 1. The molecule has 0 radical (unpaired) electrons. The highest BCUT2D eigenvalue weighted by molar-refractivity contribution is 6.31. The second-order valence-electron chi connectivity index (χ2n) is 7.35. The summed E-state index contributed by atoms with van der Waals surface area (Å²) in [7, 11) is 0. The van der Waals surface area contributed by atoms with E-state index in [-0.39, 0.29) is 23.8 Å². The predicted molar refractivity (Wildman–Crippen MR) is 113 cm³/mol. The van der Waals surface area contributed by atoms with Crippen LogP contribution < -0.4 is 10.6 Å². The summed E-state index contributed by atoms with van der Waals surface area (Å²) in [5.74, 6) is -0.0564. The number of nitrogens with one attached hydrogen (secondary N) is 2. The third-order valence-corrected chi connectivity index (χ3v) is 5.59. The Bertz CT molecular complexity index is 803. The first-order chi connectivity index (χ1) is 13.3. The van der Waals surface area contributed by atoms with Crippen LogP contribution in [0.15, 0.2) is 36.1 Å². The summed E-state index contributed by atoms with van der Waals surface area (Å²) in [6.07, 6.45) is 8.62. The van der Waals surface area contributed by atoms with Crippen molar-refractivity contribution in [2.75, 3.05) is 6.54 Å². The van der Waals surface area contributed by atoms with Crippen molar-refractivity contribution < 1.29 is 9.59 Å². The summed E-state index contributed by atoms with van der Waals surface area (Å²) < 4.78 is 0. The van der Waals surface area contributed by atoms with Crippen molar-refractivity contribution in [1.82, 2.24) is 15.6 Å². The molecule has 1 aliphatic carbocycles. The van der Waals surface area contributed by atoms with Crippen molar-refractivity contribution in [1.29, 1.82) is 0 Å². The SMILES string of the molecule is C/C=C\C(=C/C1(C(=O)NC(C)c2cnc(CC)c(Cl)c2)CC1C)C(=O)NCC. The molecule has 28 heavy (non-hydrogen) atoms. The number of rotatable bonds is 8. The van der Waals surface area contributed by atoms with Gasteiger partial charge in [0.2, 0.25) is 5.91 Å². The lowest BCUT2D eigenvalue weighted by Gasteiger charge is -2.20. The fourth-order valence-corrected chi connectivity index (χ4v) is 3.64. The van der Waals surface area contributed by atoms with Gasteiger partial charge in [-0.05, 0) is 51.2 Å². The summed E-state index contributed by atoms with van der Waals surface area (Å²) >= 11 is 6.27. The Labute approximate surface area is 172 Å². The number of likely N-dealkylation sites (N-methyl/N-ethyl adjacent to an activating group) is 1. The van der Waals surface area contributed by atoms with Gasteiger partial charge in [0.05, 0.1) is 22.2 Å². The topological polar surface area (TPSA) is 71.1 Å². The zero-order valence-electron chi connectivity index (χ0n) is 17.3. The van der Waals surface area contributed by atoms with Crippen LogP contribution in [0.25, 0.3) is 0 Å². The lowest BCUT2D eigenvalue weighted by molar-refractivity contribution is -0.125. The van der Waals surface area contributed by atoms with Gasteiger partial charge in [0.1, 0.15) is 0 Å². The number of hydrogen-bond acceptors (Lipinski definition) is 3. The minimum absolute atomic E-state index is 0.0745. The van der Waals surface area contributed by atoms with E-state index in [0.717, 1.165) is 24.1 Å². The molecule has 0 bridgehead atoms. The third kappa shape index (κ3) is 4.82. The van der Waals surface area contributed by atoms with Crippen LogP contribution in [0.1, 0.15) is 58.3 Å². The van der Waals surface area contributed by atoms with Crippen molar-refractivity contribution in [3.05, 3.63) is 52.3 Å². The van der Waals surface area contributed by atoms with Gasteiger partial charge in [-0.25, -0.2) is 0 Å². The van der Waals surface area contributed by atoms with Crippen molar-refractivity contribution >= 4 is 23.4 Å². The van der Waals surface area contributed by atoms with Crippen LogP contribution in [0.4, 0.5) is 0 Å². The standard InChI is InChI=1S/C22H30ClN3O2/c1-6-9-16(20(27)24-8-3)12-22(11-14(22)4)21(28)26-15(5)17-10-18(23)19(7-2)25-13-17/h6,9-10,12-15H,7-8,11H2,1-5H3,(H,24,27)(H,26,28)/b9-6-,16-12+. The number of allylic oxidation sites excluding steroid dienone is 1. The monoisotopic (exact) mass is 403 g/mol. The molecule has 2 amide bonds. The number of pyridine rings is 1. The Morgan fingerprint density at radius 2 is 2.11 bits per heavy atom. The molecule has 1 aliphatic rings. The Kier molecular flexibility index (Phi) is 7.41. The summed E-state index contributed by atoms with van der Waals surface area (Å²) in [5.41, 5.74) is 1.57. The van der Waals surface area contributed by atoms with Gasteiger partial charge >= 0.3 is 0 Å². The maximum absolute atomic E-state index is 13.1. The number of hydrogen-bond donors (Lipinski definition) is 2. The normalized spacial score (nSPS) is 22.8. The van der Waals surface area contributed by atoms with Crippen molar-refractivity contribution in [3.8, 4) is 0 Å². The van der Waals surface area contributed by atoms with Crippen molar-refractivity contribution in [3.63, 3.8) is 0 Å². The van der Waals surface area contributed by atoms with E-state index < -0.39 is 5.41 Å². The van der Waals surface area contributed by atoms with E-state index >= 15 is 0 Å². The highest BCUT2D eigenvalue weighted by Gasteiger charge is 2.56. The Balaban J connectivity index is 2.21. The Hall–Kier alpha value is -2.14. The van der Waals surface area contributed by atoms with Crippen LogP contribution in [0.3, 0.4) is 0 Å². The van der Waals surface area contributed by atoms with Gasteiger partial charge in [-0.15, -0.1) is 0 Å². The molecule has 1 aromatic rings. The Morgan fingerprint density at radius 3 is 2.61 bits per heavy atom. The predicted octanol–water partition coefficient (Wildman–Crippen LogP) is 4.14. The summed E-state index contributed by atoms with van der Waals surface area (Å²) in [4.78, 5) is 29.8. The number of carbonyl (C=O) groups excluding carboxylic acids is 2. The van der Waals surface area contributed by atoms with E-state index in [1.807, 2.05) is 52.8 Å². The molecule has 0 spiro atoms. The number of halogens is 1. The van der Waals surface area contributed by atoms with Crippen molar-refractivity contribution in [2.45, 2.75) is 53.5 Å². The molecule has 1 aromatic heterocycles. The molecule has 2 N–H and O–H groups in total. The molecule has 3 unspecified atom stereocenters. The summed E-state index contributed by atoms with van der Waals surface area (Å²) in [5, 5.41) is 6.49. The number of aryl methyl sites for hydroxylation is 1. The molecule has 1 fully saturated rings. The zero-order chi connectivity index (χ0) is 20.9. The van der Waals surface area contributed by atoms with Gasteiger partial charge in [0, 0.05) is 18.3 Å². The minimum Gasteiger partial charge on any atom is -0.352 e. The van der Waals surface area contributed by atoms with E-state index in [0.29, 0.717) is 17.1 Å². The van der Waals surface area contributed by atoms with Gasteiger partial charge in [-0.2, -0.15) is 0 Å².